The smallest absolute Gasteiger partial charge is 0.245 e. The van der Waals surface area contributed by atoms with E-state index in [1.54, 1.807) is 41.1 Å². The van der Waals surface area contributed by atoms with E-state index in [0.29, 0.717) is 24.5 Å². The van der Waals surface area contributed by atoms with Crippen LogP contribution in [0.1, 0.15) is 43.2 Å². The van der Waals surface area contributed by atoms with Crippen LogP contribution in [-0.4, -0.2) is 25.3 Å². The molecule has 2 heterocycles. The molecule has 6 rings (SSSR count). The molecule has 0 unspecified atom stereocenters. The fourth-order valence-electron chi connectivity index (χ4n) is 5.16. The molecule has 30 heavy (non-hydrogen) atoms. The van der Waals surface area contributed by atoms with Crippen LogP contribution in [0.3, 0.4) is 0 Å². The van der Waals surface area contributed by atoms with Crippen LogP contribution in [0.15, 0.2) is 46.0 Å². The lowest BCUT2D eigenvalue weighted by molar-refractivity contribution is -0.481. The van der Waals surface area contributed by atoms with Crippen LogP contribution in [0.25, 0.3) is 5.70 Å². The van der Waals surface area contributed by atoms with Gasteiger partial charge in [0.15, 0.2) is 0 Å². The number of fused-ring (bicyclic) bond motifs is 3. The molecule has 2 bridgehead atoms. The van der Waals surface area contributed by atoms with Gasteiger partial charge >= 0.3 is 0 Å². The van der Waals surface area contributed by atoms with E-state index in [1.165, 1.54) is 0 Å². The Balaban J connectivity index is 1.45. The Morgan fingerprint density at radius 2 is 2.17 bits per heavy atom. The lowest BCUT2D eigenvalue weighted by Crippen LogP contribution is -2.85. The van der Waals surface area contributed by atoms with Gasteiger partial charge in [0.25, 0.3) is 0 Å². The van der Waals surface area contributed by atoms with Crippen molar-refractivity contribution in [3.63, 3.8) is 0 Å². The first kappa shape index (κ1) is 19.1. The van der Waals surface area contributed by atoms with Crippen LogP contribution >= 0.6 is 0 Å². The number of hydrogen-bond acceptors (Lipinski definition) is 7. The third-order valence-corrected chi connectivity index (χ3v) is 8.12. The second-order valence-corrected chi connectivity index (χ2v) is 10.4. The van der Waals surface area contributed by atoms with Crippen LogP contribution < -0.4 is 21.1 Å². The number of aryl methyl sites for hydroxylation is 1. The van der Waals surface area contributed by atoms with Crippen molar-refractivity contribution in [1.82, 2.24) is 15.0 Å². The molecule has 5 aliphatic rings. The summed E-state index contributed by atoms with van der Waals surface area (Å²) in [5.41, 5.74) is 7.57. The largest absolute Gasteiger partial charge is 0.351 e. The molecule has 0 radical (unpaired) electrons. The van der Waals surface area contributed by atoms with Crippen LogP contribution in [0.2, 0.25) is 0 Å². The molecule has 0 spiro atoms. The molecule has 0 atom stereocenters. The highest BCUT2D eigenvalue weighted by atomic mass is 32.2. The van der Waals surface area contributed by atoms with Crippen molar-refractivity contribution in [2.24, 2.45) is 16.3 Å². The molecule has 1 aromatic carbocycles. The minimum atomic E-state index is -3.73. The summed E-state index contributed by atoms with van der Waals surface area (Å²) in [7, 11) is -3.73. The first-order valence-corrected chi connectivity index (χ1v) is 11.5. The van der Waals surface area contributed by atoms with Crippen molar-refractivity contribution in [3.8, 4) is 6.07 Å². The van der Waals surface area contributed by atoms with E-state index in [0.717, 1.165) is 36.1 Å². The molecule has 10 heteroatoms. The SMILES string of the molecule is Cc1ccc(S(=O)(=O)NC23CCCC(C#N)(C2)C3)cc1C1=CNC2=C(N)[NH2+]C=NN12. The highest BCUT2D eigenvalue weighted by molar-refractivity contribution is 7.89. The summed E-state index contributed by atoms with van der Waals surface area (Å²) in [5.74, 6) is 1.21. The number of hydrogen-bond donors (Lipinski definition) is 4. The molecular weight excluding hydrogens is 402 g/mol. The minimum absolute atomic E-state index is 0.205. The number of nitriles is 1. The maximum atomic E-state index is 13.2. The number of quaternary nitrogens is 1. The summed E-state index contributed by atoms with van der Waals surface area (Å²) in [6.45, 7) is 1.93. The summed E-state index contributed by atoms with van der Waals surface area (Å²) in [6, 6.07) is 7.49. The maximum absolute atomic E-state index is 13.2. The molecule has 6 N–H and O–H groups in total. The van der Waals surface area contributed by atoms with Crippen LogP contribution in [0, 0.1) is 23.7 Å². The van der Waals surface area contributed by atoms with Crippen LogP contribution in [0.4, 0.5) is 0 Å². The van der Waals surface area contributed by atoms with Crippen LogP contribution in [-0.2, 0) is 10.0 Å². The predicted octanol–water partition coefficient (Wildman–Crippen LogP) is 0.309. The number of nitrogens with one attached hydrogen (secondary N) is 2. The lowest BCUT2D eigenvalue weighted by atomic mass is 9.51. The molecule has 156 valence electrons. The molecule has 0 aromatic heterocycles. The van der Waals surface area contributed by atoms with Gasteiger partial charge in [0, 0.05) is 17.3 Å². The molecule has 9 nitrogen and oxygen atoms in total. The average Bonchev–Trinajstić information content (AvgIpc) is 3.12. The van der Waals surface area contributed by atoms with Crippen molar-refractivity contribution in [1.29, 1.82) is 5.26 Å². The number of nitrogens with two attached hydrogens (primary N) is 2. The van der Waals surface area contributed by atoms with E-state index in [2.05, 4.69) is 21.2 Å². The summed E-state index contributed by atoms with van der Waals surface area (Å²) in [6.07, 6.45) is 7.07. The molecule has 3 saturated carbocycles. The van der Waals surface area contributed by atoms with Gasteiger partial charge in [-0.25, -0.2) is 18.1 Å². The van der Waals surface area contributed by atoms with Gasteiger partial charge in [0.1, 0.15) is 0 Å². The van der Waals surface area contributed by atoms with Crippen molar-refractivity contribution in [2.75, 3.05) is 0 Å². The molecule has 0 saturated heterocycles. The van der Waals surface area contributed by atoms with Gasteiger partial charge in [-0.05, 0) is 56.7 Å². The zero-order valence-electron chi connectivity index (χ0n) is 16.6. The molecule has 0 amide bonds. The quantitative estimate of drug-likeness (QED) is 0.546. The maximum Gasteiger partial charge on any atom is 0.245 e. The van der Waals surface area contributed by atoms with Gasteiger partial charge in [-0.2, -0.15) is 5.26 Å². The third kappa shape index (κ3) is 2.81. The topological polar surface area (TPSA) is 140 Å². The van der Waals surface area contributed by atoms with Gasteiger partial charge < -0.3 is 11.1 Å². The number of hydrazone groups is 1. The van der Waals surface area contributed by atoms with Gasteiger partial charge in [0.05, 0.1) is 22.1 Å². The Labute approximate surface area is 175 Å². The fraction of sp³-hybridized carbons (Fsp3) is 0.400. The second-order valence-electron chi connectivity index (χ2n) is 8.68. The number of benzene rings is 1. The summed E-state index contributed by atoms with van der Waals surface area (Å²) < 4.78 is 29.4. The monoisotopic (exact) mass is 426 g/mol. The fourth-order valence-corrected chi connectivity index (χ4v) is 6.62. The summed E-state index contributed by atoms with van der Waals surface area (Å²) in [4.78, 5) is 0.205. The zero-order valence-corrected chi connectivity index (χ0v) is 17.5. The van der Waals surface area contributed by atoms with E-state index in [-0.39, 0.29) is 10.3 Å². The highest BCUT2D eigenvalue weighted by Crippen LogP contribution is 2.58. The molecule has 1 aromatic rings. The predicted molar refractivity (Wildman–Crippen MR) is 110 cm³/mol. The van der Waals surface area contributed by atoms with E-state index in [9.17, 15) is 13.7 Å². The number of rotatable bonds is 4. The van der Waals surface area contributed by atoms with E-state index >= 15 is 0 Å². The Bertz CT molecular complexity index is 1170. The molecule has 3 fully saturated rings. The first-order chi connectivity index (χ1) is 14.3. The van der Waals surface area contributed by atoms with Gasteiger partial charge in [-0.1, -0.05) is 6.07 Å². The Kier molecular flexibility index (Phi) is 4.02. The van der Waals surface area contributed by atoms with Gasteiger partial charge in [0.2, 0.25) is 28.0 Å². The zero-order chi connectivity index (χ0) is 21.1. The summed E-state index contributed by atoms with van der Waals surface area (Å²) in [5, 5.41) is 20.3. The van der Waals surface area contributed by atoms with Crippen LogP contribution in [0.5, 0.6) is 0 Å². The average molecular weight is 427 g/mol. The van der Waals surface area contributed by atoms with Gasteiger partial charge in [-0.15, -0.1) is 5.10 Å². The number of sulfonamides is 1. The molecule has 2 aliphatic heterocycles. The van der Waals surface area contributed by atoms with Crippen molar-refractivity contribution in [3.05, 3.63) is 47.2 Å². The highest BCUT2D eigenvalue weighted by Gasteiger charge is 2.59. The van der Waals surface area contributed by atoms with E-state index < -0.39 is 15.6 Å². The second kappa shape index (κ2) is 6.31. The lowest BCUT2D eigenvalue weighted by Gasteiger charge is -2.57. The van der Waals surface area contributed by atoms with E-state index in [4.69, 9.17) is 5.73 Å². The van der Waals surface area contributed by atoms with Crippen molar-refractivity contribution < 1.29 is 13.7 Å². The third-order valence-electron chi connectivity index (χ3n) is 6.54. The normalized spacial score (nSPS) is 29.6. The Morgan fingerprint density at radius 1 is 1.37 bits per heavy atom. The molecule has 3 aliphatic carbocycles. The van der Waals surface area contributed by atoms with E-state index in [1.807, 2.05) is 6.92 Å². The van der Waals surface area contributed by atoms with Crippen molar-refractivity contribution in [2.45, 2.75) is 49.5 Å². The van der Waals surface area contributed by atoms with Gasteiger partial charge in [-0.3, -0.25) is 5.32 Å². The number of nitrogens with zero attached hydrogens (tertiary/aromatic N) is 3. The summed E-state index contributed by atoms with van der Waals surface area (Å²) >= 11 is 0. The first-order valence-electron chi connectivity index (χ1n) is 9.97. The molecular formula is C20H24N7O2S+. The Morgan fingerprint density at radius 3 is 2.93 bits per heavy atom. The standard InChI is InChI=1S/C20H23N7O2S/c1-13-3-4-14(7-15(13)16-8-23-18-17(22)24-12-25-27(16)18)30(28,29)26-20-6-2-5-19(9-20,10-20)11-21/h3-4,7-8,12,23,26H,2,5-6,9-10,22H2,1H3,(H,24,25)/p+1. The van der Waals surface area contributed by atoms with Crippen molar-refractivity contribution >= 4 is 22.1 Å². The minimum Gasteiger partial charge on any atom is -0.351 e. The Hall–Kier alpha value is -2.87.